The third-order valence-corrected chi connectivity index (χ3v) is 4.70. The first kappa shape index (κ1) is 19.4. The molecule has 0 saturated carbocycles. The van der Waals surface area contributed by atoms with Crippen molar-refractivity contribution in [3.05, 3.63) is 101 Å². The molecule has 0 fully saturated rings. The van der Waals surface area contributed by atoms with E-state index in [9.17, 15) is 9.59 Å². The van der Waals surface area contributed by atoms with Gasteiger partial charge in [-0.25, -0.2) is 5.43 Å². The van der Waals surface area contributed by atoms with Crippen LogP contribution < -0.4 is 10.7 Å². The average molecular weight is 417 g/mol. The monoisotopic (exact) mass is 416 g/mol. The molecule has 4 aromatic rings. The van der Waals surface area contributed by atoms with Crippen molar-refractivity contribution in [1.82, 2.24) is 10.4 Å². The Hall–Kier alpha value is -3.90. The quantitative estimate of drug-likeness (QED) is 0.321. The van der Waals surface area contributed by atoms with Gasteiger partial charge in [-0.3, -0.25) is 9.59 Å². The van der Waals surface area contributed by atoms with E-state index in [1.54, 1.807) is 54.7 Å². The smallest absolute Gasteiger partial charge is 0.271 e. The van der Waals surface area contributed by atoms with Crippen LogP contribution in [0.5, 0.6) is 0 Å². The van der Waals surface area contributed by atoms with Crippen molar-refractivity contribution in [3.63, 3.8) is 0 Å². The Balaban J connectivity index is 1.43. The second-order valence-corrected chi connectivity index (χ2v) is 6.97. The molecule has 30 heavy (non-hydrogen) atoms. The predicted molar refractivity (Wildman–Crippen MR) is 119 cm³/mol. The van der Waals surface area contributed by atoms with Crippen LogP contribution in [0.3, 0.4) is 0 Å². The molecule has 2 amide bonds. The lowest BCUT2D eigenvalue weighted by molar-refractivity contribution is 0.0953. The van der Waals surface area contributed by atoms with E-state index in [2.05, 4.69) is 20.8 Å². The molecular weight excluding hydrogens is 400 g/mol. The van der Waals surface area contributed by atoms with Gasteiger partial charge in [-0.2, -0.15) is 5.10 Å². The Kier molecular flexibility index (Phi) is 5.59. The fourth-order valence-electron chi connectivity index (χ4n) is 3.00. The molecule has 1 heterocycles. The minimum atomic E-state index is -0.384. The standard InChI is InChI=1S/C23H17ClN4O2/c24-18-7-3-5-15(11-18)22(29)27-19-8-4-6-16(12-19)23(30)28-26-14-17-13-25-21-10-2-1-9-20(17)21/h1-14,25H,(H,27,29)(H,28,30)/b26-14-. The number of halogens is 1. The Labute approximate surface area is 177 Å². The predicted octanol–water partition coefficient (Wildman–Crippen LogP) is 4.84. The number of para-hydroxylation sites is 1. The molecule has 0 bridgehead atoms. The molecule has 0 spiro atoms. The summed E-state index contributed by atoms with van der Waals surface area (Å²) in [5, 5.41) is 8.29. The number of nitrogens with zero attached hydrogens (tertiary/aromatic N) is 1. The van der Waals surface area contributed by atoms with Gasteiger partial charge in [0.25, 0.3) is 11.8 Å². The number of H-pyrrole nitrogens is 1. The van der Waals surface area contributed by atoms with Gasteiger partial charge in [-0.15, -0.1) is 0 Å². The summed E-state index contributed by atoms with van der Waals surface area (Å²) in [5.74, 6) is -0.697. The van der Waals surface area contributed by atoms with Crippen LogP contribution in [-0.2, 0) is 0 Å². The number of hydrogen-bond acceptors (Lipinski definition) is 3. The third-order valence-electron chi connectivity index (χ3n) is 4.46. The molecule has 3 aromatic carbocycles. The molecule has 0 aliphatic carbocycles. The van der Waals surface area contributed by atoms with E-state index in [1.165, 1.54) is 0 Å². The van der Waals surface area contributed by atoms with Gasteiger partial charge in [0, 0.05) is 44.5 Å². The Morgan fingerprint density at radius 3 is 2.50 bits per heavy atom. The van der Waals surface area contributed by atoms with Gasteiger partial charge in [0.1, 0.15) is 0 Å². The molecule has 0 radical (unpaired) electrons. The topological polar surface area (TPSA) is 86.3 Å². The first-order valence-corrected chi connectivity index (χ1v) is 9.54. The third kappa shape index (κ3) is 4.39. The van der Waals surface area contributed by atoms with Crippen LogP contribution in [0.2, 0.25) is 5.02 Å². The van der Waals surface area contributed by atoms with Crippen LogP contribution in [0, 0.1) is 0 Å². The summed E-state index contributed by atoms with van der Waals surface area (Å²) < 4.78 is 0. The molecule has 6 nitrogen and oxygen atoms in total. The molecule has 148 valence electrons. The highest BCUT2D eigenvalue weighted by Crippen LogP contribution is 2.16. The van der Waals surface area contributed by atoms with Gasteiger partial charge >= 0.3 is 0 Å². The summed E-state index contributed by atoms with van der Waals surface area (Å²) in [6, 6.07) is 21.1. The molecule has 0 aliphatic rings. The van der Waals surface area contributed by atoms with Gasteiger partial charge in [0.15, 0.2) is 0 Å². The zero-order valence-electron chi connectivity index (χ0n) is 15.7. The normalized spacial score (nSPS) is 11.0. The van der Waals surface area contributed by atoms with E-state index in [1.807, 2.05) is 30.5 Å². The fraction of sp³-hybridized carbons (Fsp3) is 0. The van der Waals surface area contributed by atoms with Crippen molar-refractivity contribution in [1.29, 1.82) is 0 Å². The number of carbonyl (C=O) groups excluding carboxylic acids is 2. The number of aromatic amines is 1. The number of rotatable bonds is 5. The van der Waals surface area contributed by atoms with Gasteiger partial charge in [-0.05, 0) is 42.5 Å². The maximum atomic E-state index is 12.4. The Morgan fingerprint density at radius 1 is 0.900 bits per heavy atom. The molecule has 0 atom stereocenters. The van der Waals surface area contributed by atoms with Crippen molar-refractivity contribution < 1.29 is 9.59 Å². The van der Waals surface area contributed by atoms with Crippen LogP contribution in [0.4, 0.5) is 5.69 Å². The van der Waals surface area contributed by atoms with Crippen LogP contribution in [-0.4, -0.2) is 23.0 Å². The summed E-state index contributed by atoms with van der Waals surface area (Å²) in [7, 11) is 0. The van der Waals surface area contributed by atoms with E-state index in [0.717, 1.165) is 16.5 Å². The van der Waals surface area contributed by atoms with Crippen LogP contribution in [0.15, 0.2) is 84.1 Å². The molecule has 0 saturated heterocycles. The largest absolute Gasteiger partial charge is 0.361 e. The van der Waals surface area contributed by atoms with Gasteiger partial charge in [0.05, 0.1) is 6.21 Å². The van der Waals surface area contributed by atoms with Crippen LogP contribution in [0.1, 0.15) is 26.3 Å². The fourth-order valence-corrected chi connectivity index (χ4v) is 3.19. The van der Waals surface area contributed by atoms with E-state index in [-0.39, 0.29) is 11.8 Å². The zero-order valence-corrected chi connectivity index (χ0v) is 16.5. The second-order valence-electron chi connectivity index (χ2n) is 6.53. The van der Waals surface area contributed by atoms with E-state index in [4.69, 9.17) is 11.6 Å². The minimum Gasteiger partial charge on any atom is -0.361 e. The lowest BCUT2D eigenvalue weighted by Crippen LogP contribution is -2.18. The number of anilines is 1. The molecule has 0 unspecified atom stereocenters. The zero-order chi connectivity index (χ0) is 20.9. The van der Waals surface area contributed by atoms with Crippen molar-refractivity contribution in [2.75, 3.05) is 5.32 Å². The Bertz CT molecular complexity index is 1260. The minimum absolute atomic E-state index is 0.313. The summed E-state index contributed by atoms with van der Waals surface area (Å²) in [4.78, 5) is 27.9. The maximum absolute atomic E-state index is 12.4. The molecule has 7 heteroatoms. The van der Waals surface area contributed by atoms with E-state index in [0.29, 0.717) is 21.8 Å². The van der Waals surface area contributed by atoms with Gasteiger partial charge < -0.3 is 10.3 Å². The lowest BCUT2D eigenvalue weighted by atomic mass is 10.1. The summed E-state index contributed by atoms with van der Waals surface area (Å²) in [6.07, 6.45) is 3.41. The first-order chi connectivity index (χ1) is 14.6. The molecule has 0 aliphatic heterocycles. The number of hydrazone groups is 1. The molecule has 4 rings (SSSR count). The average Bonchev–Trinajstić information content (AvgIpc) is 3.17. The van der Waals surface area contributed by atoms with Crippen molar-refractivity contribution in [3.8, 4) is 0 Å². The molecule has 1 aromatic heterocycles. The number of hydrogen-bond donors (Lipinski definition) is 3. The van der Waals surface area contributed by atoms with E-state index < -0.39 is 0 Å². The number of benzene rings is 3. The van der Waals surface area contributed by atoms with Crippen molar-refractivity contribution in [2.24, 2.45) is 5.10 Å². The van der Waals surface area contributed by atoms with Gasteiger partial charge in [0.2, 0.25) is 0 Å². The second kappa shape index (κ2) is 8.63. The number of amides is 2. The summed E-state index contributed by atoms with van der Waals surface area (Å²) >= 11 is 5.93. The highest BCUT2D eigenvalue weighted by atomic mass is 35.5. The summed E-state index contributed by atoms with van der Waals surface area (Å²) in [5.41, 5.74) is 5.67. The Morgan fingerprint density at radius 2 is 1.67 bits per heavy atom. The SMILES string of the molecule is O=C(N/N=C\c1c[nH]c2ccccc12)c1cccc(NC(=O)c2cccc(Cl)c2)c1. The first-order valence-electron chi connectivity index (χ1n) is 9.17. The summed E-state index contributed by atoms with van der Waals surface area (Å²) in [6.45, 7) is 0. The highest BCUT2D eigenvalue weighted by molar-refractivity contribution is 6.31. The van der Waals surface area contributed by atoms with Crippen molar-refractivity contribution >= 4 is 46.2 Å². The number of carbonyl (C=O) groups is 2. The van der Waals surface area contributed by atoms with Crippen LogP contribution in [0.25, 0.3) is 10.9 Å². The lowest BCUT2D eigenvalue weighted by Gasteiger charge is -2.07. The van der Waals surface area contributed by atoms with Crippen LogP contribution >= 0.6 is 11.6 Å². The number of fused-ring (bicyclic) bond motifs is 1. The molecule has 3 N–H and O–H groups in total. The maximum Gasteiger partial charge on any atom is 0.271 e. The van der Waals surface area contributed by atoms with Gasteiger partial charge in [-0.1, -0.05) is 41.9 Å². The number of aromatic nitrogens is 1. The van der Waals surface area contributed by atoms with E-state index >= 15 is 0 Å². The highest BCUT2D eigenvalue weighted by Gasteiger charge is 2.09. The molecular formula is C23H17ClN4O2. The van der Waals surface area contributed by atoms with Crippen molar-refractivity contribution in [2.45, 2.75) is 0 Å². The number of nitrogens with one attached hydrogen (secondary N) is 3.